The number of methoxy groups -OCH3 is 1. The number of carboxylic acids is 1. The Labute approximate surface area is 271 Å². The highest BCUT2D eigenvalue weighted by Gasteiger charge is 2.30. The van der Waals surface area contributed by atoms with Gasteiger partial charge < -0.3 is 34.7 Å². The van der Waals surface area contributed by atoms with Gasteiger partial charge in [-0.15, -0.1) is 0 Å². The van der Waals surface area contributed by atoms with Crippen molar-refractivity contribution in [3.05, 3.63) is 107 Å². The third kappa shape index (κ3) is 8.69. The van der Waals surface area contributed by atoms with E-state index in [1.54, 1.807) is 48.5 Å². The molecule has 9 nitrogen and oxygen atoms in total. The zero-order valence-electron chi connectivity index (χ0n) is 26.3. The Hall–Kier alpha value is -4.87. The van der Waals surface area contributed by atoms with E-state index in [-0.39, 0.29) is 37.5 Å². The number of nitrogens with one attached hydrogen (secondary N) is 1. The largest absolute Gasteiger partial charge is 0.550 e. The lowest BCUT2D eigenvalue weighted by atomic mass is 9.92. The van der Waals surface area contributed by atoms with Gasteiger partial charge in [0.05, 0.1) is 24.9 Å². The van der Waals surface area contributed by atoms with Crippen molar-refractivity contribution in [1.29, 1.82) is 0 Å². The molecule has 0 saturated heterocycles. The molecule has 1 heterocycles. The topological polar surface area (TPSA) is 141 Å². The van der Waals surface area contributed by atoms with Crippen LogP contribution in [0.15, 0.2) is 72.8 Å². The Balaban J connectivity index is 1.83. The molecule has 3 N–H and O–H groups in total. The van der Waals surface area contributed by atoms with Crippen molar-refractivity contribution >= 4 is 17.8 Å². The Kier molecular flexibility index (Phi) is 11.6. The fourth-order valence-corrected chi connectivity index (χ4v) is 5.66. The van der Waals surface area contributed by atoms with Gasteiger partial charge >= 0.3 is 5.97 Å². The molecular weight excluding hydrogens is 610 g/mol. The van der Waals surface area contributed by atoms with E-state index < -0.39 is 48.1 Å². The van der Waals surface area contributed by atoms with E-state index in [4.69, 9.17) is 4.74 Å². The summed E-state index contributed by atoms with van der Waals surface area (Å²) in [6.45, 7) is 3.88. The Morgan fingerprint density at radius 1 is 0.851 bits per heavy atom. The van der Waals surface area contributed by atoms with Crippen molar-refractivity contribution in [3.8, 4) is 22.3 Å². The first-order valence-electron chi connectivity index (χ1n) is 15.2. The summed E-state index contributed by atoms with van der Waals surface area (Å²) >= 11 is 0. The number of amides is 1. The van der Waals surface area contributed by atoms with Gasteiger partial charge in [-0.25, -0.2) is 13.6 Å². The summed E-state index contributed by atoms with van der Waals surface area (Å²) < 4.78 is 34.8. The van der Waals surface area contributed by atoms with Crippen LogP contribution in [0.3, 0.4) is 0 Å². The molecule has 2 atom stereocenters. The number of aliphatic hydroxyl groups excluding tert-OH is 2. The van der Waals surface area contributed by atoms with Gasteiger partial charge in [-0.3, -0.25) is 4.79 Å². The van der Waals surface area contributed by atoms with Crippen LogP contribution in [0, 0.1) is 11.6 Å². The van der Waals surface area contributed by atoms with Crippen molar-refractivity contribution in [3.63, 3.8) is 0 Å². The summed E-state index contributed by atoms with van der Waals surface area (Å²) in [5.74, 6) is -3.31. The lowest BCUT2D eigenvalue weighted by molar-refractivity contribution is -0.307. The average molecular weight is 648 g/mol. The molecular formula is C36H37F2N2O7-. The minimum atomic E-state index is -1.43. The van der Waals surface area contributed by atoms with Gasteiger partial charge in [0.15, 0.2) is 0 Å². The maximum absolute atomic E-state index is 14.2. The number of benzene rings is 3. The van der Waals surface area contributed by atoms with Crippen molar-refractivity contribution in [1.82, 2.24) is 9.88 Å². The van der Waals surface area contributed by atoms with Crippen LogP contribution in [0.5, 0.6) is 0 Å². The molecule has 0 radical (unpaired) electrons. The number of carboxylic acid groups (broad SMARTS) is 1. The molecule has 0 fully saturated rings. The van der Waals surface area contributed by atoms with Crippen LogP contribution in [0.25, 0.3) is 22.3 Å². The lowest BCUT2D eigenvalue weighted by Gasteiger charge is -2.20. The van der Waals surface area contributed by atoms with Crippen molar-refractivity contribution < 1.29 is 43.2 Å². The van der Waals surface area contributed by atoms with E-state index in [0.717, 1.165) is 0 Å². The normalized spacial score (nSPS) is 12.5. The average Bonchev–Trinajstić information content (AvgIpc) is 3.38. The monoisotopic (exact) mass is 647 g/mol. The van der Waals surface area contributed by atoms with E-state index in [1.807, 2.05) is 18.4 Å². The van der Waals surface area contributed by atoms with Crippen molar-refractivity contribution in [2.24, 2.45) is 0 Å². The number of aliphatic hydroxyl groups is 2. The van der Waals surface area contributed by atoms with Gasteiger partial charge in [-0.2, -0.15) is 0 Å². The highest BCUT2D eigenvalue weighted by molar-refractivity contribution is 6.05. The Morgan fingerprint density at radius 2 is 1.40 bits per heavy atom. The summed E-state index contributed by atoms with van der Waals surface area (Å²) in [6, 6.07) is 17.7. The third-order valence-electron chi connectivity index (χ3n) is 7.79. The summed E-state index contributed by atoms with van der Waals surface area (Å²) in [7, 11) is 1.29. The summed E-state index contributed by atoms with van der Waals surface area (Å²) in [6.07, 6.45) is -2.91. The summed E-state index contributed by atoms with van der Waals surface area (Å²) in [4.78, 5) is 36.9. The number of rotatable bonds is 14. The molecule has 11 heteroatoms. The first-order valence-corrected chi connectivity index (χ1v) is 15.2. The van der Waals surface area contributed by atoms with Gasteiger partial charge in [0.2, 0.25) is 0 Å². The molecule has 3 aromatic carbocycles. The van der Waals surface area contributed by atoms with E-state index in [1.165, 1.54) is 31.4 Å². The van der Waals surface area contributed by atoms with E-state index >= 15 is 0 Å². The minimum Gasteiger partial charge on any atom is -0.550 e. The number of nitrogens with zero attached hydrogens (tertiary/aromatic N) is 1. The van der Waals surface area contributed by atoms with Gasteiger partial charge in [0.25, 0.3) is 5.91 Å². The van der Waals surface area contributed by atoms with Crippen LogP contribution in [0.4, 0.5) is 8.78 Å². The molecule has 0 aliphatic rings. The van der Waals surface area contributed by atoms with Crippen LogP contribution in [0.1, 0.15) is 71.3 Å². The fourth-order valence-electron chi connectivity index (χ4n) is 5.66. The van der Waals surface area contributed by atoms with Crippen molar-refractivity contribution in [2.75, 3.05) is 7.11 Å². The summed E-state index contributed by atoms with van der Waals surface area (Å²) in [5, 5.41) is 34.7. The Morgan fingerprint density at radius 3 is 1.91 bits per heavy atom. The molecule has 1 aromatic heterocycles. The quantitative estimate of drug-likeness (QED) is 0.170. The number of esters is 1. The number of halogens is 2. The molecule has 47 heavy (non-hydrogen) atoms. The van der Waals surface area contributed by atoms with Gasteiger partial charge in [-0.1, -0.05) is 36.4 Å². The molecule has 0 unspecified atom stereocenters. The van der Waals surface area contributed by atoms with Crippen LogP contribution in [-0.2, 0) is 22.5 Å². The molecule has 4 rings (SSSR count). The smallest absolute Gasteiger partial charge is 0.337 e. The number of carbonyl (C=O) groups is 3. The highest BCUT2D eigenvalue weighted by Crippen LogP contribution is 2.42. The van der Waals surface area contributed by atoms with Crippen molar-refractivity contribution in [2.45, 2.75) is 64.3 Å². The second-order valence-corrected chi connectivity index (χ2v) is 11.6. The first kappa shape index (κ1) is 35.0. The predicted molar refractivity (Wildman–Crippen MR) is 169 cm³/mol. The standard InChI is InChI=1S/C36H38F2N2O7/c1-21(2)40-30(17-16-28(41)18-29(42)19-31(43)44)32(23-8-12-26(37)13-9-23)33(24-10-14-27(38)15-11-24)34(40)35(45)39-20-22-4-6-25(7-5-22)36(46)47-3/h4-15,21,28-29,41-42H,16-20H2,1-3H3,(H,39,45)(H,43,44)/p-1/t28-,29-/m1/s1. The molecule has 1 amide bonds. The molecule has 0 spiro atoms. The van der Waals surface area contributed by atoms with E-state index in [9.17, 15) is 38.5 Å². The zero-order chi connectivity index (χ0) is 34.2. The summed E-state index contributed by atoms with van der Waals surface area (Å²) in [5.41, 5.74) is 4.14. The maximum atomic E-state index is 14.2. The fraction of sp³-hybridized carbons (Fsp3) is 0.306. The molecule has 0 saturated carbocycles. The zero-order valence-corrected chi connectivity index (χ0v) is 26.3. The number of aromatic nitrogens is 1. The van der Waals surface area contributed by atoms with Crippen LogP contribution < -0.4 is 10.4 Å². The Bertz CT molecular complexity index is 1700. The van der Waals surface area contributed by atoms with Crippen LogP contribution in [0.2, 0.25) is 0 Å². The number of ether oxygens (including phenoxy) is 1. The van der Waals surface area contributed by atoms with E-state index in [2.05, 4.69) is 5.32 Å². The van der Waals surface area contributed by atoms with Gasteiger partial charge in [0, 0.05) is 41.8 Å². The number of hydrogen-bond acceptors (Lipinski definition) is 7. The molecule has 0 aliphatic carbocycles. The molecule has 248 valence electrons. The van der Waals surface area contributed by atoms with Crippen LogP contribution >= 0.6 is 0 Å². The van der Waals surface area contributed by atoms with Crippen LogP contribution in [-0.4, -0.2) is 51.9 Å². The SMILES string of the molecule is COC(=O)c1ccc(CNC(=O)c2c(-c3ccc(F)cc3)c(-c3ccc(F)cc3)c(CC[C@@H](O)C[C@@H](O)CC(=O)[O-])n2C(C)C)cc1. The number of carbonyl (C=O) groups excluding carboxylic acids is 3. The highest BCUT2D eigenvalue weighted by atomic mass is 19.1. The van der Waals surface area contributed by atoms with Gasteiger partial charge in [0.1, 0.15) is 17.3 Å². The second-order valence-electron chi connectivity index (χ2n) is 11.6. The van der Waals surface area contributed by atoms with Gasteiger partial charge in [-0.05, 0) is 86.2 Å². The molecule has 0 aliphatic heterocycles. The number of hydrogen-bond donors (Lipinski definition) is 3. The second kappa shape index (κ2) is 15.6. The molecule has 0 bridgehead atoms. The number of aliphatic carboxylic acids is 1. The van der Waals surface area contributed by atoms with E-state index in [0.29, 0.717) is 39.1 Å². The third-order valence-corrected chi connectivity index (χ3v) is 7.79. The lowest BCUT2D eigenvalue weighted by Crippen LogP contribution is -2.29. The first-order chi connectivity index (χ1) is 22.4. The maximum Gasteiger partial charge on any atom is 0.337 e. The minimum absolute atomic E-state index is 0.103. The predicted octanol–water partition coefficient (Wildman–Crippen LogP) is 4.58. The molecule has 4 aromatic rings.